The van der Waals surface area contributed by atoms with Crippen molar-refractivity contribution in [2.24, 2.45) is 5.92 Å². The molecule has 3 nitrogen and oxygen atoms in total. The molecule has 3 heteroatoms. The van der Waals surface area contributed by atoms with E-state index in [9.17, 15) is 4.79 Å². The Labute approximate surface area is 128 Å². The van der Waals surface area contributed by atoms with Crippen molar-refractivity contribution in [1.29, 1.82) is 0 Å². The van der Waals surface area contributed by atoms with Crippen molar-refractivity contribution in [2.45, 2.75) is 46.1 Å². The first kappa shape index (κ1) is 16.0. The summed E-state index contributed by atoms with van der Waals surface area (Å²) in [6, 6.07) is 9.02. The largest absolute Gasteiger partial charge is 0.342 e. The Kier molecular flexibility index (Phi) is 5.80. The number of hydrogen-bond donors (Lipinski definition) is 1. The van der Waals surface area contributed by atoms with Crippen molar-refractivity contribution in [2.75, 3.05) is 19.6 Å². The van der Waals surface area contributed by atoms with Crippen molar-refractivity contribution in [3.63, 3.8) is 0 Å². The van der Waals surface area contributed by atoms with Crippen LogP contribution in [0.25, 0.3) is 0 Å². The molecule has 1 heterocycles. The van der Waals surface area contributed by atoms with Gasteiger partial charge in [0.05, 0.1) is 0 Å². The van der Waals surface area contributed by atoms with Gasteiger partial charge in [-0.1, -0.05) is 43.7 Å². The number of carbonyl (C=O) groups is 1. The van der Waals surface area contributed by atoms with E-state index in [1.165, 1.54) is 11.1 Å². The van der Waals surface area contributed by atoms with Gasteiger partial charge in [0.2, 0.25) is 5.91 Å². The maximum Gasteiger partial charge on any atom is 0.222 e. The van der Waals surface area contributed by atoms with E-state index in [1.54, 1.807) is 0 Å². The van der Waals surface area contributed by atoms with Crippen LogP contribution in [0.3, 0.4) is 0 Å². The molecule has 0 aliphatic carbocycles. The van der Waals surface area contributed by atoms with Crippen LogP contribution >= 0.6 is 0 Å². The Morgan fingerprint density at radius 3 is 2.90 bits per heavy atom. The van der Waals surface area contributed by atoms with Crippen LogP contribution in [-0.4, -0.2) is 36.5 Å². The summed E-state index contributed by atoms with van der Waals surface area (Å²) in [7, 11) is 0. The number of benzene rings is 1. The molecule has 0 bridgehead atoms. The topological polar surface area (TPSA) is 32.3 Å². The van der Waals surface area contributed by atoms with Crippen LogP contribution in [0.2, 0.25) is 0 Å². The number of amides is 1. The fraction of sp³-hybridized carbons (Fsp3) is 0.611. The first-order valence-corrected chi connectivity index (χ1v) is 8.17. The Morgan fingerprint density at radius 1 is 1.43 bits per heavy atom. The lowest BCUT2D eigenvalue weighted by Gasteiger charge is -2.37. The molecule has 1 saturated heterocycles. The van der Waals surface area contributed by atoms with Crippen molar-refractivity contribution in [3.8, 4) is 0 Å². The molecular formula is C18H28N2O. The van der Waals surface area contributed by atoms with E-state index in [2.05, 4.69) is 50.4 Å². The fourth-order valence-electron chi connectivity index (χ4n) is 3.21. The number of aryl methyl sites for hydroxylation is 2. The predicted molar refractivity (Wildman–Crippen MR) is 87.3 cm³/mol. The molecule has 1 amide bonds. The maximum absolute atomic E-state index is 12.4. The minimum atomic E-state index is 0.304. The van der Waals surface area contributed by atoms with Crippen LogP contribution in [-0.2, 0) is 11.2 Å². The zero-order chi connectivity index (χ0) is 15.2. The van der Waals surface area contributed by atoms with Crippen molar-refractivity contribution < 1.29 is 4.79 Å². The molecule has 116 valence electrons. The first-order chi connectivity index (χ1) is 10.1. The molecule has 1 aromatic carbocycles. The van der Waals surface area contributed by atoms with Crippen LogP contribution in [0.5, 0.6) is 0 Å². The lowest BCUT2D eigenvalue weighted by Crippen LogP contribution is -2.50. The Morgan fingerprint density at radius 2 is 2.24 bits per heavy atom. The highest BCUT2D eigenvalue weighted by Gasteiger charge is 2.27. The standard InChI is InChI=1S/C18H28N2O/c1-4-19-17-10-11-20(13-15(17)3)18(21)9-8-16-7-5-6-14(2)12-16/h5-7,12,15,17,19H,4,8-11,13H2,1-3H3. The molecule has 1 N–H and O–H groups in total. The van der Waals surface area contributed by atoms with Crippen molar-refractivity contribution in [3.05, 3.63) is 35.4 Å². The molecular weight excluding hydrogens is 260 g/mol. The molecule has 0 radical (unpaired) electrons. The summed E-state index contributed by atoms with van der Waals surface area (Å²) in [5, 5.41) is 3.52. The minimum absolute atomic E-state index is 0.304. The van der Waals surface area contributed by atoms with E-state index in [1.807, 2.05) is 4.90 Å². The lowest BCUT2D eigenvalue weighted by atomic mass is 9.93. The third kappa shape index (κ3) is 4.57. The molecule has 1 fully saturated rings. The molecule has 0 spiro atoms. The van der Waals surface area contributed by atoms with Gasteiger partial charge in [0.15, 0.2) is 0 Å². The molecule has 2 unspecified atom stereocenters. The number of hydrogen-bond acceptors (Lipinski definition) is 2. The summed E-state index contributed by atoms with van der Waals surface area (Å²) in [6.07, 6.45) is 2.55. The van der Waals surface area contributed by atoms with Crippen LogP contribution in [0.1, 0.15) is 37.8 Å². The first-order valence-electron chi connectivity index (χ1n) is 8.17. The van der Waals surface area contributed by atoms with E-state index in [0.717, 1.165) is 32.5 Å². The van der Waals surface area contributed by atoms with Gasteiger partial charge in [-0.05, 0) is 37.8 Å². The molecule has 21 heavy (non-hydrogen) atoms. The Bertz CT molecular complexity index is 472. The third-order valence-electron chi connectivity index (χ3n) is 4.43. The number of nitrogens with one attached hydrogen (secondary N) is 1. The molecule has 1 aromatic rings. The zero-order valence-corrected chi connectivity index (χ0v) is 13.6. The second-order valence-corrected chi connectivity index (χ2v) is 6.26. The molecule has 2 atom stereocenters. The van der Waals surface area contributed by atoms with Gasteiger partial charge >= 0.3 is 0 Å². The summed E-state index contributed by atoms with van der Waals surface area (Å²) in [6.45, 7) is 9.28. The number of carbonyl (C=O) groups excluding carboxylic acids is 1. The van der Waals surface area contributed by atoms with Crippen molar-refractivity contribution >= 4 is 5.91 Å². The molecule has 1 aliphatic rings. The van der Waals surface area contributed by atoms with E-state index in [4.69, 9.17) is 0 Å². The van der Waals surface area contributed by atoms with Gasteiger partial charge in [-0.3, -0.25) is 4.79 Å². The lowest BCUT2D eigenvalue weighted by molar-refractivity contribution is -0.133. The Hall–Kier alpha value is -1.35. The molecule has 0 saturated carbocycles. The number of rotatable bonds is 5. The van der Waals surface area contributed by atoms with E-state index in [0.29, 0.717) is 24.3 Å². The van der Waals surface area contributed by atoms with Crippen LogP contribution in [0, 0.1) is 12.8 Å². The second kappa shape index (κ2) is 7.60. The second-order valence-electron chi connectivity index (χ2n) is 6.26. The normalized spacial score (nSPS) is 22.3. The highest BCUT2D eigenvalue weighted by Crippen LogP contribution is 2.18. The van der Waals surface area contributed by atoms with Crippen LogP contribution in [0.15, 0.2) is 24.3 Å². The number of likely N-dealkylation sites (tertiary alicyclic amines) is 1. The van der Waals surface area contributed by atoms with Crippen molar-refractivity contribution in [1.82, 2.24) is 10.2 Å². The summed E-state index contributed by atoms with van der Waals surface area (Å²) in [5.74, 6) is 0.847. The van der Waals surface area contributed by atoms with Gasteiger partial charge in [-0.2, -0.15) is 0 Å². The summed E-state index contributed by atoms with van der Waals surface area (Å²) < 4.78 is 0. The van der Waals surface area contributed by atoms with E-state index < -0.39 is 0 Å². The molecule has 1 aliphatic heterocycles. The number of piperidine rings is 1. The van der Waals surface area contributed by atoms with E-state index >= 15 is 0 Å². The summed E-state index contributed by atoms with van der Waals surface area (Å²) >= 11 is 0. The fourth-order valence-corrected chi connectivity index (χ4v) is 3.21. The highest BCUT2D eigenvalue weighted by molar-refractivity contribution is 5.76. The Balaban J connectivity index is 1.81. The third-order valence-corrected chi connectivity index (χ3v) is 4.43. The van der Waals surface area contributed by atoms with Gasteiger partial charge in [0.1, 0.15) is 0 Å². The van der Waals surface area contributed by atoms with Gasteiger partial charge in [0.25, 0.3) is 0 Å². The van der Waals surface area contributed by atoms with Gasteiger partial charge in [-0.15, -0.1) is 0 Å². The highest BCUT2D eigenvalue weighted by atomic mass is 16.2. The monoisotopic (exact) mass is 288 g/mol. The molecule has 0 aromatic heterocycles. The summed E-state index contributed by atoms with van der Waals surface area (Å²) in [5.41, 5.74) is 2.53. The molecule has 2 rings (SSSR count). The minimum Gasteiger partial charge on any atom is -0.342 e. The average molecular weight is 288 g/mol. The maximum atomic E-state index is 12.4. The van der Waals surface area contributed by atoms with Crippen LogP contribution in [0.4, 0.5) is 0 Å². The number of nitrogens with zero attached hydrogens (tertiary/aromatic N) is 1. The quantitative estimate of drug-likeness (QED) is 0.903. The van der Waals surface area contributed by atoms with Gasteiger partial charge in [0, 0.05) is 25.6 Å². The van der Waals surface area contributed by atoms with Gasteiger partial charge in [-0.25, -0.2) is 0 Å². The smallest absolute Gasteiger partial charge is 0.222 e. The SMILES string of the molecule is CCNC1CCN(C(=O)CCc2cccc(C)c2)CC1C. The summed E-state index contributed by atoms with van der Waals surface area (Å²) in [4.78, 5) is 14.4. The average Bonchev–Trinajstić information content (AvgIpc) is 2.47. The zero-order valence-electron chi connectivity index (χ0n) is 13.6. The predicted octanol–water partition coefficient (Wildman–Crippen LogP) is 2.77. The van der Waals surface area contributed by atoms with Crippen LogP contribution < -0.4 is 5.32 Å². The van der Waals surface area contributed by atoms with Gasteiger partial charge < -0.3 is 10.2 Å². The van der Waals surface area contributed by atoms with E-state index in [-0.39, 0.29) is 0 Å².